The van der Waals surface area contributed by atoms with Gasteiger partial charge in [0, 0.05) is 45.1 Å². The van der Waals surface area contributed by atoms with Gasteiger partial charge in [-0.3, -0.25) is 9.47 Å². The number of terminal acetylenes is 1. The Morgan fingerprint density at radius 2 is 1.10 bits per heavy atom. The fraction of sp³-hybridized carbons (Fsp3) is 0.0833. The Balaban J connectivity index is 1.42. The van der Waals surface area contributed by atoms with Gasteiger partial charge in [0.15, 0.2) is 0 Å². The molecule has 1 aromatic heterocycles. The number of fused-ring (bicyclic) bond motifs is 5. The highest BCUT2D eigenvalue weighted by molar-refractivity contribution is 7.00. The van der Waals surface area contributed by atoms with E-state index in [2.05, 4.69) is 199 Å². The minimum atomic E-state index is -0.162. The summed E-state index contributed by atoms with van der Waals surface area (Å²) in [5, 5.41) is 0. The summed E-state index contributed by atoms with van der Waals surface area (Å²) in [5.41, 5.74) is 17.6. The first-order valence-electron chi connectivity index (χ1n) is 18.0. The van der Waals surface area contributed by atoms with Crippen LogP contribution in [0.2, 0.25) is 0 Å². The van der Waals surface area contributed by atoms with Crippen LogP contribution in [0.3, 0.4) is 0 Å². The molecule has 4 heteroatoms. The second-order valence-electron chi connectivity index (χ2n) is 14.5. The van der Waals surface area contributed by atoms with Gasteiger partial charge in [0.25, 0.3) is 6.71 Å². The molecule has 7 aromatic rings. The Morgan fingerprint density at radius 1 is 0.558 bits per heavy atom. The third kappa shape index (κ3) is 4.05. The topological polar surface area (TPSA) is 11.4 Å². The fourth-order valence-corrected chi connectivity index (χ4v) is 9.13. The highest BCUT2D eigenvalue weighted by atomic mass is 15.3. The summed E-state index contributed by atoms with van der Waals surface area (Å²) in [7, 11) is 0. The molecule has 6 aromatic carbocycles. The number of hydrogen-bond acceptors (Lipinski definition) is 2. The summed E-state index contributed by atoms with van der Waals surface area (Å²) < 4.78 is 2.35. The van der Waals surface area contributed by atoms with Crippen LogP contribution in [0.4, 0.5) is 34.3 Å². The van der Waals surface area contributed by atoms with Gasteiger partial charge in [0.05, 0.1) is 0 Å². The molecule has 2 aliphatic heterocycles. The van der Waals surface area contributed by atoms with Gasteiger partial charge in [-0.25, -0.2) is 0 Å². The SMILES string of the molecule is C#Cc1c(C2=C(C)C(C)(C)c3ccccc32)c2c(n1-c1ccccc1)N(c1ccccc1)c1cccc3c1B2c1ccccc1N3c1ccccc1. The van der Waals surface area contributed by atoms with Crippen LogP contribution in [0, 0.1) is 12.3 Å². The molecular formula is C48H36BN3. The Labute approximate surface area is 306 Å². The standard InChI is InChI=1S/C48H36BN3/c1-5-39-44(43-32(2)48(3,4)37-27-16-15-26-36(37)43)46-47(51(39)34-22-11-7-12-23-34)52(35-24-13-8-14-25-35)42-31-19-30-41-45(42)49(46)38-28-17-18-29-40(38)50(41)33-20-9-6-10-21-33/h1,6-31H,2-4H3. The Bertz CT molecular complexity index is 2630. The normalized spacial score (nSPS) is 14.8. The smallest absolute Gasteiger partial charge is 0.255 e. The highest BCUT2D eigenvalue weighted by Gasteiger charge is 2.49. The molecule has 3 aliphatic rings. The van der Waals surface area contributed by atoms with Gasteiger partial charge in [-0.2, -0.15) is 0 Å². The van der Waals surface area contributed by atoms with Gasteiger partial charge in [0.2, 0.25) is 0 Å². The number of nitrogens with zero attached hydrogens (tertiary/aromatic N) is 3. The first-order valence-corrected chi connectivity index (χ1v) is 18.0. The first-order chi connectivity index (χ1) is 25.5. The van der Waals surface area contributed by atoms with Crippen LogP contribution in [0.25, 0.3) is 11.3 Å². The lowest BCUT2D eigenvalue weighted by Gasteiger charge is -2.43. The van der Waals surface area contributed by atoms with Crippen molar-refractivity contribution in [1.82, 2.24) is 4.57 Å². The molecule has 0 fully saturated rings. The van der Waals surface area contributed by atoms with Crippen LogP contribution in [-0.4, -0.2) is 11.3 Å². The fourth-order valence-electron chi connectivity index (χ4n) is 9.13. The zero-order valence-corrected chi connectivity index (χ0v) is 29.5. The molecule has 0 atom stereocenters. The minimum Gasteiger partial charge on any atom is -0.311 e. The van der Waals surface area contributed by atoms with Crippen molar-refractivity contribution >= 4 is 62.9 Å². The molecule has 0 spiro atoms. The molecule has 0 radical (unpaired) electrons. The number of para-hydroxylation sites is 4. The number of aromatic nitrogens is 1. The summed E-state index contributed by atoms with van der Waals surface area (Å²) >= 11 is 0. The van der Waals surface area contributed by atoms with Crippen molar-refractivity contribution in [2.75, 3.05) is 9.80 Å². The van der Waals surface area contributed by atoms with Gasteiger partial charge in [-0.15, -0.1) is 6.42 Å². The van der Waals surface area contributed by atoms with Crippen molar-refractivity contribution in [3.05, 3.63) is 186 Å². The monoisotopic (exact) mass is 665 g/mol. The van der Waals surface area contributed by atoms with Crippen molar-refractivity contribution in [3.8, 4) is 18.0 Å². The van der Waals surface area contributed by atoms with Crippen molar-refractivity contribution in [3.63, 3.8) is 0 Å². The molecule has 1 aliphatic carbocycles. The summed E-state index contributed by atoms with van der Waals surface area (Å²) in [6.07, 6.45) is 6.79. The van der Waals surface area contributed by atoms with Gasteiger partial charge in [-0.05, 0) is 94.6 Å². The van der Waals surface area contributed by atoms with Crippen molar-refractivity contribution in [1.29, 1.82) is 0 Å². The van der Waals surface area contributed by atoms with Crippen LogP contribution in [0.5, 0.6) is 0 Å². The largest absolute Gasteiger partial charge is 0.311 e. The van der Waals surface area contributed by atoms with Gasteiger partial charge < -0.3 is 4.90 Å². The summed E-state index contributed by atoms with van der Waals surface area (Å²) in [6, 6.07) is 56.8. The molecule has 3 nitrogen and oxygen atoms in total. The van der Waals surface area contributed by atoms with E-state index in [4.69, 9.17) is 6.42 Å². The van der Waals surface area contributed by atoms with E-state index < -0.39 is 0 Å². The Hall–Kier alpha value is -6.44. The molecule has 0 N–H and O–H groups in total. The second-order valence-corrected chi connectivity index (χ2v) is 14.5. The van der Waals surface area contributed by atoms with E-state index in [1.54, 1.807) is 0 Å². The molecule has 246 valence electrons. The number of rotatable bonds is 4. The molecule has 0 saturated carbocycles. The quantitative estimate of drug-likeness (QED) is 0.137. The number of hydrogen-bond donors (Lipinski definition) is 0. The third-order valence-electron chi connectivity index (χ3n) is 11.6. The Morgan fingerprint density at radius 3 is 1.77 bits per heavy atom. The molecular weight excluding hydrogens is 629 g/mol. The zero-order chi connectivity index (χ0) is 35.1. The number of benzene rings is 6. The van der Waals surface area contributed by atoms with Crippen LogP contribution in [0.1, 0.15) is 43.2 Å². The van der Waals surface area contributed by atoms with E-state index in [0.29, 0.717) is 0 Å². The molecule has 0 amide bonds. The molecule has 0 unspecified atom stereocenters. The summed E-state index contributed by atoms with van der Waals surface area (Å²) in [6.45, 7) is 6.93. The van der Waals surface area contributed by atoms with Gasteiger partial charge >= 0.3 is 0 Å². The number of anilines is 6. The molecule has 0 bridgehead atoms. The second kappa shape index (κ2) is 11.3. The molecule has 0 saturated heterocycles. The van der Waals surface area contributed by atoms with E-state index in [0.717, 1.165) is 39.8 Å². The minimum absolute atomic E-state index is 0.0828. The van der Waals surface area contributed by atoms with E-state index in [9.17, 15) is 0 Å². The maximum Gasteiger partial charge on any atom is 0.255 e. The average molecular weight is 666 g/mol. The Kier molecular flexibility index (Phi) is 6.60. The molecule has 3 heterocycles. The zero-order valence-electron chi connectivity index (χ0n) is 29.5. The van der Waals surface area contributed by atoms with Crippen LogP contribution >= 0.6 is 0 Å². The van der Waals surface area contributed by atoms with Crippen LogP contribution in [0.15, 0.2) is 163 Å². The van der Waals surface area contributed by atoms with E-state index in [1.165, 1.54) is 50.0 Å². The van der Waals surface area contributed by atoms with Crippen LogP contribution in [-0.2, 0) is 5.41 Å². The summed E-state index contributed by atoms with van der Waals surface area (Å²) in [5.74, 6) is 4.39. The lowest BCUT2D eigenvalue weighted by atomic mass is 9.33. The van der Waals surface area contributed by atoms with Crippen molar-refractivity contribution in [2.24, 2.45) is 0 Å². The maximum atomic E-state index is 6.79. The molecule has 10 rings (SSSR count). The van der Waals surface area contributed by atoms with Gasteiger partial charge in [-0.1, -0.05) is 128 Å². The van der Waals surface area contributed by atoms with Crippen molar-refractivity contribution < 1.29 is 0 Å². The highest BCUT2D eigenvalue weighted by Crippen LogP contribution is 2.52. The van der Waals surface area contributed by atoms with E-state index in [1.807, 2.05) is 0 Å². The predicted molar refractivity (Wildman–Crippen MR) is 219 cm³/mol. The number of allylic oxidation sites excluding steroid dienone is 1. The lowest BCUT2D eigenvalue weighted by Crippen LogP contribution is -2.62. The average Bonchev–Trinajstić information content (AvgIpc) is 3.62. The first kappa shape index (κ1) is 30.4. The van der Waals surface area contributed by atoms with Crippen molar-refractivity contribution in [2.45, 2.75) is 26.2 Å². The maximum absolute atomic E-state index is 6.79. The third-order valence-corrected chi connectivity index (χ3v) is 11.6. The predicted octanol–water partition coefficient (Wildman–Crippen LogP) is 9.65. The van der Waals surface area contributed by atoms with E-state index >= 15 is 0 Å². The van der Waals surface area contributed by atoms with E-state index in [-0.39, 0.29) is 12.1 Å². The summed E-state index contributed by atoms with van der Waals surface area (Å²) in [4.78, 5) is 4.90. The lowest BCUT2D eigenvalue weighted by molar-refractivity contribution is 0.639. The van der Waals surface area contributed by atoms with Crippen LogP contribution < -0.4 is 26.2 Å². The van der Waals surface area contributed by atoms with Gasteiger partial charge in [0.1, 0.15) is 11.5 Å². The molecule has 52 heavy (non-hydrogen) atoms.